The number of halogens is 6. The first-order valence-electron chi connectivity index (χ1n) is 3.64. The molecule has 0 bridgehead atoms. The van der Waals surface area contributed by atoms with Gasteiger partial charge in [-0.2, -0.15) is 26.3 Å². The van der Waals surface area contributed by atoms with E-state index in [4.69, 9.17) is 0 Å². The molecule has 1 unspecified atom stereocenters. The van der Waals surface area contributed by atoms with E-state index in [1.165, 1.54) is 0 Å². The average Bonchev–Trinajstić information content (AvgIpc) is 2.26. The lowest BCUT2D eigenvalue weighted by Gasteiger charge is -2.32. The Morgan fingerprint density at radius 2 is 1.60 bits per heavy atom. The van der Waals surface area contributed by atoms with E-state index in [0.29, 0.717) is 0 Å². The van der Waals surface area contributed by atoms with Crippen LogP contribution in [0, 0.1) is 0 Å². The zero-order chi connectivity index (χ0) is 12.1. The minimum Gasteiger partial charge on any atom is -0.325 e. The molecule has 0 aromatic rings. The first-order chi connectivity index (χ1) is 6.51. The molecule has 9 heteroatoms. The van der Waals surface area contributed by atoms with Gasteiger partial charge >= 0.3 is 12.4 Å². The summed E-state index contributed by atoms with van der Waals surface area (Å²) in [4.78, 5) is 6.58. The molecule has 1 fully saturated rings. The van der Waals surface area contributed by atoms with Gasteiger partial charge in [0.2, 0.25) is 5.91 Å². The van der Waals surface area contributed by atoms with Gasteiger partial charge in [0.05, 0.1) is 5.25 Å². The molecule has 1 rings (SSSR count). The molecule has 0 aromatic heterocycles. The van der Waals surface area contributed by atoms with Crippen LogP contribution in [0.2, 0.25) is 0 Å². The molecule has 0 aromatic carbocycles. The number of rotatable bonds is 0. The topological polar surface area (TPSA) is 29.1 Å². The fourth-order valence-electron chi connectivity index (χ4n) is 1.06. The third-order valence-corrected chi connectivity index (χ3v) is 3.31. The third-order valence-electron chi connectivity index (χ3n) is 1.82. The number of hydrogen-bond acceptors (Lipinski definition) is 2. The van der Waals surface area contributed by atoms with E-state index in [2.05, 4.69) is 0 Å². The maximum atomic E-state index is 12.3. The Bertz CT molecular complexity index is 270. The summed E-state index contributed by atoms with van der Waals surface area (Å²) in [6, 6.07) is 0. The fraction of sp³-hybridized carbons (Fsp3) is 0.833. The van der Waals surface area contributed by atoms with Gasteiger partial charge in [0.1, 0.15) is 0 Å². The standard InChI is InChI=1S/C6H5F6NOS/c1-2-3(14)13-4(15-2,5(7,8)9)6(10,11)12/h2H,1H3,(H,13,14). The Hall–Kier alpha value is -0.600. The van der Waals surface area contributed by atoms with Crippen LogP contribution in [0.4, 0.5) is 26.3 Å². The Kier molecular flexibility index (Phi) is 2.65. The molecule has 2 nitrogen and oxygen atoms in total. The number of carbonyl (C=O) groups excluding carboxylic acids is 1. The van der Waals surface area contributed by atoms with Crippen molar-refractivity contribution in [2.45, 2.75) is 29.4 Å². The fourth-order valence-corrected chi connectivity index (χ4v) is 2.18. The maximum Gasteiger partial charge on any atom is 0.430 e. The number of amides is 1. The Labute approximate surface area is 84.4 Å². The summed E-state index contributed by atoms with van der Waals surface area (Å²) < 4.78 is 73.8. The molecule has 0 aliphatic carbocycles. The van der Waals surface area contributed by atoms with Crippen molar-refractivity contribution >= 4 is 17.7 Å². The minimum absolute atomic E-state index is 0.476. The summed E-state index contributed by atoms with van der Waals surface area (Å²) in [7, 11) is 0. The van der Waals surface area contributed by atoms with Crippen molar-refractivity contribution in [1.29, 1.82) is 0 Å². The lowest BCUT2D eigenvalue weighted by molar-refractivity contribution is -0.270. The second-order valence-corrected chi connectivity index (χ2v) is 4.48. The highest BCUT2D eigenvalue weighted by Gasteiger charge is 2.75. The quantitative estimate of drug-likeness (QED) is 0.669. The zero-order valence-electron chi connectivity index (χ0n) is 7.16. The molecule has 1 N–H and O–H groups in total. The molecule has 88 valence electrons. The second-order valence-electron chi connectivity index (χ2n) is 2.93. The van der Waals surface area contributed by atoms with E-state index in [-0.39, 0.29) is 0 Å². The molecular weight excluding hydrogens is 248 g/mol. The van der Waals surface area contributed by atoms with Crippen molar-refractivity contribution in [2.24, 2.45) is 0 Å². The van der Waals surface area contributed by atoms with Gasteiger partial charge in [0.25, 0.3) is 4.87 Å². The summed E-state index contributed by atoms with van der Waals surface area (Å²) in [5.41, 5.74) is 0. The zero-order valence-corrected chi connectivity index (χ0v) is 7.98. The van der Waals surface area contributed by atoms with Crippen molar-refractivity contribution in [2.75, 3.05) is 0 Å². The van der Waals surface area contributed by atoms with Gasteiger partial charge in [-0.1, -0.05) is 0 Å². The molecule has 1 aliphatic rings. The molecule has 15 heavy (non-hydrogen) atoms. The summed E-state index contributed by atoms with van der Waals surface area (Å²) in [6.07, 6.45) is -11.1. The predicted molar refractivity (Wildman–Crippen MR) is 40.0 cm³/mol. The van der Waals surface area contributed by atoms with Crippen LogP contribution in [0.25, 0.3) is 0 Å². The smallest absolute Gasteiger partial charge is 0.325 e. The normalized spacial score (nSPS) is 26.6. The van der Waals surface area contributed by atoms with Crippen molar-refractivity contribution in [1.82, 2.24) is 5.32 Å². The van der Waals surface area contributed by atoms with Gasteiger partial charge in [0, 0.05) is 0 Å². The van der Waals surface area contributed by atoms with E-state index in [9.17, 15) is 31.1 Å². The third kappa shape index (κ3) is 1.77. The first kappa shape index (κ1) is 12.5. The molecule has 1 saturated heterocycles. The number of hydrogen-bond donors (Lipinski definition) is 1. The van der Waals surface area contributed by atoms with Gasteiger partial charge in [-0.3, -0.25) is 4.79 Å². The monoisotopic (exact) mass is 253 g/mol. The molecule has 1 heterocycles. The van der Waals surface area contributed by atoms with E-state index >= 15 is 0 Å². The van der Waals surface area contributed by atoms with Crippen LogP contribution in [0.15, 0.2) is 0 Å². The first-order valence-corrected chi connectivity index (χ1v) is 4.52. The summed E-state index contributed by atoms with van der Waals surface area (Å²) >= 11 is -0.476. The average molecular weight is 253 g/mol. The second kappa shape index (κ2) is 3.19. The molecule has 0 spiro atoms. The van der Waals surface area contributed by atoms with Crippen molar-refractivity contribution < 1.29 is 31.1 Å². The lowest BCUT2D eigenvalue weighted by Crippen LogP contribution is -2.61. The Balaban J connectivity index is 3.18. The molecule has 1 atom stereocenters. The van der Waals surface area contributed by atoms with Gasteiger partial charge in [0.15, 0.2) is 0 Å². The number of alkyl halides is 6. The highest BCUT2D eigenvalue weighted by Crippen LogP contribution is 2.54. The van der Waals surface area contributed by atoms with Crippen molar-refractivity contribution in [3.8, 4) is 0 Å². The maximum absolute atomic E-state index is 12.3. The minimum atomic E-state index is -5.57. The summed E-state index contributed by atoms with van der Waals surface area (Å²) in [5, 5.41) is -0.410. The molecule has 0 saturated carbocycles. The molecular formula is C6H5F6NOS. The van der Waals surface area contributed by atoms with Crippen LogP contribution in [-0.4, -0.2) is 28.4 Å². The van der Waals surface area contributed by atoms with Crippen LogP contribution in [-0.2, 0) is 4.79 Å². The van der Waals surface area contributed by atoms with Crippen LogP contribution in [0.5, 0.6) is 0 Å². The van der Waals surface area contributed by atoms with Gasteiger partial charge in [-0.05, 0) is 6.92 Å². The van der Waals surface area contributed by atoms with Crippen LogP contribution >= 0.6 is 11.8 Å². The lowest BCUT2D eigenvalue weighted by atomic mass is 10.2. The van der Waals surface area contributed by atoms with Crippen LogP contribution in [0.1, 0.15) is 6.92 Å². The molecule has 1 aliphatic heterocycles. The van der Waals surface area contributed by atoms with E-state index in [0.717, 1.165) is 12.2 Å². The highest BCUT2D eigenvalue weighted by atomic mass is 32.2. The van der Waals surface area contributed by atoms with Gasteiger partial charge in [-0.15, -0.1) is 11.8 Å². The molecule has 1 amide bonds. The number of thioether (sulfide) groups is 1. The number of nitrogens with one attached hydrogen (secondary N) is 1. The summed E-state index contributed by atoms with van der Waals surface area (Å²) in [5.74, 6) is -1.27. The number of carbonyl (C=O) groups is 1. The van der Waals surface area contributed by atoms with E-state index in [1.54, 1.807) is 0 Å². The predicted octanol–water partition coefficient (Wildman–Crippen LogP) is 2.06. The van der Waals surface area contributed by atoms with Crippen molar-refractivity contribution in [3.05, 3.63) is 0 Å². The van der Waals surface area contributed by atoms with E-state index < -0.39 is 40.1 Å². The Morgan fingerprint density at radius 1 is 1.20 bits per heavy atom. The van der Waals surface area contributed by atoms with E-state index in [1.807, 2.05) is 0 Å². The summed E-state index contributed by atoms with van der Waals surface area (Å²) in [6.45, 7) is 0.985. The van der Waals surface area contributed by atoms with Crippen molar-refractivity contribution in [3.63, 3.8) is 0 Å². The largest absolute Gasteiger partial charge is 0.430 e. The van der Waals surface area contributed by atoms with Gasteiger partial charge in [-0.25, -0.2) is 0 Å². The SMILES string of the molecule is CC1SC(C(F)(F)F)(C(F)(F)F)NC1=O. The molecule has 0 radical (unpaired) electrons. The van der Waals surface area contributed by atoms with Crippen LogP contribution in [0.3, 0.4) is 0 Å². The van der Waals surface area contributed by atoms with Crippen LogP contribution < -0.4 is 5.32 Å². The highest BCUT2D eigenvalue weighted by molar-refractivity contribution is 8.02. The Morgan fingerprint density at radius 3 is 1.73 bits per heavy atom. The van der Waals surface area contributed by atoms with Gasteiger partial charge < -0.3 is 5.32 Å².